The Kier molecular flexibility index (Phi) is 14.5. The normalized spacial score (nSPS) is 21.2. The molecule has 4 rings (SSSR count). The molecule has 47 heavy (non-hydrogen) atoms. The summed E-state index contributed by atoms with van der Waals surface area (Å²) in [6.07, 6.45) is 4.17. The van der Waals surface area contributed by atoms with Crippen LogP contribution in [0, 0.1) is 0 Å². The van der Waals surface area contributed by atoms with Crippen LogP contribution in [0.3, 0.4) is 0 Å². The van der Waals surface area contributed by atoms with Crippen molar-refractivity contribution in [3.63, 3.8) is 0 Å². The number of hydrogen-bond donors (Lipinski definition) is 0. The summed E-state index contributed by atoms with van der Waals surface area (Å²) < 4.78 is 45.8. The summed E-state index contributed by atoms with van der Waals surface area (Å²) >= 11 is 2.24. The number of ether oxygens (including phenoxy) is 6. The molecular weight excluding hydrogens is 723 g/mol. The molecule has 0 aliphatic carbocycles. The Morgan fingerprint density at radius 3 is 2.09 bits per heavy atom. The minimum Gasteiger partial charge on any atom is -0.497 e. The maximum atomic E-state index is 7.63. The predicted octanol–water partition coefficient (Wildman–Crippen LogP) is 7.40. The molecule has 0 aromatic heterocycles. The summed E-state index contributed by atoms with van der Waals surface area (Å²) in [5.41, 5.74) is 1.05. The molecule has 0 saturated carbocycles. The van der Waals surface area contributed by atoms with E-state index < -0.39 is 14.1 Å². The summed E-state index contributed by atoms with van der Waals surface area (Å²) in [7, 11) is 2.30. The second-order valence-electron chi connectivity index (χ2n) is 13.0. The molecule has 1 saturated heterocycles. The van der Waals surface area contributed by atoms with Crippen molar-refractivity contribution in [2.75, 3.05) is 34.7 Å². The molecule has 0 unspecified atom stereocenters. The average molecular weight is 775 g/mol. The van der Waals surface area contributed by atoms with Crippen molar-refractivity contribution < 1.29 is 32.8 Å². The van der Waals surface area contributed by atoms with Gasteiger partial charge in [0.25, 0.3) is 8.32 Å². The molecule has 9 heteroatoms. The molecule has 0 N–H and O–H groups in total. The second kappa shape index (κ2) is 18.1. The van der Waals surface area contributed by atoms with E-state index in [9.17, 15) is 0 Å². The minimum atomic E-state index is -2.83. The SMILES string of the molecule is COc1ccc(COCOC[C@H]2C[C@H](O[Si](c3ccccc3)(c3ccccc3)C(C)(C)C)C[C@](C[C@H](C/C=C/I)OC)(OC)O2)cc1. The third kappa shape index (κ3) is 9.98. The first-order chi connectivity index (χ1) is 22.7. The van der Waals surface area contributed by atoms with Crippen molar-refractivity contribution in [2.45, 2.75) is 82.2 Å². The summed E-state index contributed by atoms with van der Waals surface area (Å²) in [6, 6.07) is 29.3. The monoisotopic (exact) mass is 774 g/mol. The van der Waals surface area contributed by atoms with E-state index in [1.807, 2.05) is 28.3 Å². The molecule has 1 aliphatic rings. The van der Waals surface area contributed by atoms with E-state index in [1.165, 1.54) is 10.4 Å². The lowest BCUT2D eigenvalue weighted by molar-refractivity contribution is -0.302. The Morgan fingerprint density at radius 2 is 1.55 bits per heavy atom. The predicted molar refractivity (Wildman–Crippen MR) is 198 cm³/mol. The molecule has 1 fully saturated rings. The number of halogens is 1. The zero-order valence-corrected chi connectivity index (χ0v) is 31.8. The van der Waals surface area contributed by atoms with E-state index in [0.717, 1.165) is 17.7 Å². The molecule has 3 aromatic carbocycles. The summed E-state index contributed by atoms with van der Waals surface area (Å²) in [5.74, 6) is -0.0940. The van der Waals surface area contributed by atoms with Crippen LogP contribution < -0.4 is 15.1 Å². The zero-order valence-electron chi connectivity index (χ0n) is 28.7. The van der Waals surface area contributed by atoms with Crippen LogP contribution in [0.15, 0.2) is 95.1 Å². The first kappa shape index (κ1) is 37.7. The maximum absolute atomic E-state index is 7.63. The summed E-state index contributed by atoms with van der Waals surface area (Å²) in [4.78, 5) is 0. The third-order valence-corrected chi connectivity index (χ3v) is 14.4. The Hall–Kier alpha value is -2.09. The molecule has 3 aromatic rings. The summed E-state index contributed by atoms with van der Waals surface area (Å²) in [6.45, 7) is 7.85. The van der Waals surface area contributed by atoms with Crippen LogP contribution in [-0.2, 0) is 34.7 Å². The van der Waals surface area contributed by atoms with Crippen LogP contribution in [0.2, 0.25) is 5.04 Å². The van der Waals surface area contributed by atoms with E-state index in [-0.39, 0.29) is 30.1 Å². The van der Waals surface area contributed by atoms with Gasteiger partial charge in [0.05, 0.1) is 38.6 Å². The Bertz CT molecular complexity index is 1310. The zero-order chi connectivity index (χ0) is 33.8. The summed E-state index contributed by atoms with van der Waals surface area (Å²) in [5, 5.41) is 2.33. The third-order valence-electron chi connectivity index (χ3n) is 8.84. The van der Waals surface area contributed by atoms with Crippen molar-refractivity contribution >= 4 is 41.3 Å². The van der Waals surface area contributed by atoms with Gasteiger partial charge in [-0.3, -0.25) is 0 Å². The number of benzene rings is 3. The highest BCUT2D eigenvalue weighted by atomic mass is 127. The van der Waals surface area contributed by atoms with E-state index in [0.29, 0.717) is 32.5 Å². The van der Waals surface area contributed by atoms with Gasteiger partial charge < -0.3 is 32.8 Å². The van der Waals surface area contributed by atoms with Crippen molar-refractivity contribution in [1.29, 1.82) is 0 Å². The van der Waals surface area contributed by atoms with E-state index in [1.54, 1.807) is 21.3 Å². The smallest absolute Gasteiger partial charge is 0.261 e. The van der Waals surface area contributed by atoms with Gasteiger partial charge in [0, 0.05) is 33.5 Å². The van der Waals surface area contributed by atoms with Gasteiger partial charge in [0.1, 0.15) is 12.5 Å². The van der Waals surface area contributed by atoms with Crippen molar-refractivity contribution in [3.8, 4) is 5.75 Å². The van der Waals surface area contributed by atoms with E-state index in [4.69, 9.17) is 32.8 Å². The van der Waals surface area contributed by atoms with Crippen molar-refractivity contribution in [2.24, 2.45) is 0 Å². The van der Waals surface area contributed by atoms with Crippen LogP contribution in [0.4, 0.5) is 0 Å². The highest BCUT2D eigenvalue weighted by Crippen LogP contribution is 2.42. The fraction of sp³-hybridized carbons (Fsp3) is 0.474. The Morgan fingerprint density at radius 1 is 0.915 bits per heavy atom. The fourth-order valence-electron chi connectivity index (χ4n) is 6.54. The molecular formula is C38H51IO7Si. The van der Waals surface area contributed by atoms with Gasteiger partial charge in [-0.1, -0.05) is 122 Å². The van der Waals surface area contributed by atoms with Gasteiger partial charge in [-0.15, -0.1) is 0 Å². The van der Waals surface area contributed by atoms with Gasteiger partial charge in [0.2, 0.25) is 0 Å². The van der Waals surface area contributed by atoms with Crippen molar-refractivity contribution in [1.82, 2.24) is 0 Å². The van der Waals surface area contributed by atoms with Gasteiger partial charge >= 0.3 is 0 Å². The number of rotatable bonds is 17. The molecule has 0 amide bonds. The Balaban J connectivity index is 1.59. The van der Waals surface area contributed by atoms with Gasteiger partial charge in [0.15, 0.2) is 5.79 Å². The lowest BCUT2D eigenvalue weighted by atomic mass is 9.93. The lowest BCUT2D eigenvalue weighted by Crippen LogP contribution is -2.68. The van der Waals surface area contributed by atoms with E-state index >= 15 is 0 Å². The quantitative estimate of drug-likeness (QED) is 0.0614. The molecule has 1 heterocycles. The molecule has 4 atom stereocenters. The van der Waals surface area contributed by atoms with Crippen LogP contribution >= 0.6 is 22.6 Å². The molecule has 256 valence electrons. The first-order valence-corrected chi connectivity index (χ1v) is 19.4. The van der Waals surface area contributed by atoms with Crippen molar-refractivity contribution in [3.05, 3.63) is 101 Å². The topological polar surface area (TPSA) is 64.6 Å². The van der Waals surface area contributed by atoms with Gasteiger partial charge in [-0.2, -0.15) is 0 Å². The van der Waals surface area contributed by atoms with Crippen LogP contribution in [0.1, 0.15) is 52.0 Å². The molecule has 0 spiro atoms. The van der Waals surface area contributed by atoms with Crippen LogP contribution in [0.25, 0.3) is 0 Å². The van der Waals surface area contributed by atoms with Gasteiger partial charge in [-0.05, 0) is 43.6 Å². The van der Waals surface area contributed by atoms with Crippen LogP contribution in [0.5, 0.6) is 5.75 Å². The number of methoxy groups -OCH3 is 3. The molecule has 0 bridgehead atoms. The highest BCUT2D eigenvalue weighted by Gasteiger charge is 2.54. The lowest BCUT2D eigenvalue weighted by Gasteiger charge is -2.50. The molecule has 7 nitrogen and oxygen atoms in total. The largest absolute Gasteiger partial charge is 0.497 e. The minimum absolute atomic E-state index is 0.0815. The molecule has 0 radical (unpaired) electrons. The van der Waals surface area contributed by atoms with E-state index in [2.05, 4.69) is 110 Å². The number of hydrogen-bond acceptors (Lipinski definition) is 7. The standard InChI is InChI=1S/C38H51IO7Si/c1-37(2,3)47(35-15-9-7-10-16-35,36-17-11-8-12-18-36)46-33-24-34(28-44-29-43-27-30-19-21-31(40-4)22-20-30)45-38(26-33,42-6)25-32(41-5)14-13-23-39/h7-13,15-23,32-34H,14,24-29H2,1-6H3/b23-13+/t32-,33-,34+,38+/m0/s1. The first-order valence-electron chi connectivity index (χ1n) is 16.3. The fourth-order valence-corrected chi connectivity index (χ4v) is 11.5. The molecule has 1 aliphatic heterocycles. The highest BCUT2D eigenvalue weighted by molar-refractivity contribution is 14.1. The van der Waals surface area contributed by atoms with Gasteiger partial charge in [-0.25, -0.2) is 0 Å². The van der Waals surface area contributed by atoms with Crippen LogP contribution in [-0.4, -0.2) is 67.1 Å². The maximum Gasteiger partial charge on any atom is 0.261 e. The second-order valence-corrected chi connectivity index (χ2v) is 18.0. The Labute approximate surface area is 296 Å². The average Bonchev–Trinajstić information content (AvgIpc) is 3.09.